The van der Waals surface area contributed by atoms with E-state index in [1.165, 1.54) is 45.1 Å². The molecule has 0 amide bonds. The Balaban J connectivity index is 2.12. The lowest BCUT2D eigenvalue weighted by atomic mass is 9.67. The Kier molecular flexibility index (Phi) is 2.64. The minimum absolute atomic E-state index is 0.562. The van der Waals surface area contributed by atoms with E-state index in [4.69, 9.17) is 0 Å². The maximum absolute atomic E-state index is 3.80. The molecule has 76 valence electrons. The fourth-order valence-corrected chi connectivity index (χ4v) is 3.60. The lowest BCUT2D eigenvalue weighted by Gasteiger charge is -2.44. The fourth-order valence-electron chi connectivity index (χ4n) is 3.60. The second-order valence-electron chi connectivity index (χ2n) is 5.28. The van der Waals surface area contributed by atoms with E-state index < -0.39 is 0 Å². The Morgan fingerprint density at radius 2 is 1.92 bits per heavy atom. The summed E-state index contributed by atoms with van der Waals surface area (Å²) in [6.07, 6.45) is 8.67. The lowest BCUT2D eigenvalue weighted by molar-refractivity contribution is 0.121. The summed E-state index contributed by atoms with van der Waals surface area (Å²) in [5.74, 6) is 1.81. The maximum Gasteiger partial charge on any atom is 0.0212 e. The first kappa shape index (κ1) is 9.51. The van der Waals surface area contributed by atoms with Gasteiger partial charge in [0.2, 0.25) is 0 Å². The van der Waals surface area contributed by atoms with Crippen LogP contribution in [0.2, 0.25) is 0 Å². The Labute approximate surface area is 82.3 Å². The van der Waals surface area contributed by atoms with E-state index in [2.05, 4.69) is 19.2 Å². The van der Waals surface area contributed by atoms with Gasteiger partial charge in [0, 0.05) is 5.54 Å². The third-order valence-electron chi connectivity index (χ3n) is 4.18. The molecule has 1 heteroatoms. The van der Waals surface area contributed by atoms with Gasteiger partial charge >= 0.3 is 0 Å². The number of nitrogens with one attached hydrogen (secondary N) is 1. The number of hydrogen-bond donors (Lipinski definition) is 1. The van der Waals surface area contributed by atoms with E-state index in [0.717, 1.165) is 11.8 Å². The maximum atomic E-state index is 3.80. The van der Waals surface area contributed by atoms with Gasteiger partial charge in [-0.25, -0.2) is 0 Å². The Hall–Kier alpha value is -0.0400. The zero-order valence-corrected chi connectivity index (χ0v) is 9.10. The van der Waals surface area contributed by atoms with Crippen LogP contribution in [0.15, 0.2) is 0 Å². The standard InChI is InChI=1S/C12H23N/c1-10(2)11-6-3-4-7-12(11)8-5-9-13-12/h10-11,13H,3-9H2,1-2H3/t11-,12-/m1/s1. The first-order chi connectivity index (χ1) is 6.25. The van der Waals surface area contributed by atoms with Crippen molar-refractivity contribution in [3.05, 3.63) is 0 Å². The summed E-state index contributed by atoms with van der Waals surface area (Å²) >= 11 is 0. The molecule has 2 fully saturated rings. The van der Waals surface area contributed by atoms with Crippen molar-refractivity contribution in [2.24, 2.45) is 11.8 Å². The third kappa shape index (κ3) is 1.63. The topological polar surface area (TPSA) is 12.0 Å². The molecule has 1 saturated heterocycles. The van der Waals surface area contributed by atoms with Crippen molar-refractivity contribution in [1.29, 1.82) is 0 Å². The Morgan fingerprint density at radius 1 is 1.15 bits per heavy atom. The summed E-state index contributed by atoms with van der Waals surface area (Å²) in [5, 5.41) is 3.80. The second-order valence-corrected chi connectivity index (χ2v) is 5.28. The predicted octanol–water partition coefficient (Wildman–Crippen LogP) is 2.95. The van der Waals surface area contributed by atoms with Crippen LogP contribution in [0.1, 0.15) is 52.4 Å². The highest BCUT2D eigenvalue weighted by atomic mass is 15.0. The molecule has 0 bridgehead atoms. The molecule has 0 unspecified atom stereocenters. The average Bonchev–Trinajstić information content (AvgIpc) is 2.54. The van der Waals surface area contributed by atoms with E-state index in [1.807, 2.05) is 0 Å². The van der Waals surface area contributed by atoms with Gasteiger partial charge in [0.25, 0.3) is 0 Å². The van der Waals surface area contributed by atoms with Crippen LogP contribution in [0.3, 0.4) is 0 Å². The average molecular weight is 181 g/mol. The van der Waals surface area contributed by atoms with Crippen molar-refractivity contribution >= 4 is 0 Å². The molecular weight excluding hydrogens is 158 g/mol. The normalized spacial score (nSPS) is 40.4. The van der Waals surface area contributed by atoms with Crippen LogP contribution in [-0.4, -0.2) is 12.1 Å². The molecule has 1 aliphatic carbocycles. The molecule has 2 atom stereocenters. The summed E-state index contributed by atoms with van der Waals surface area (Å²) in [5.41, 5.74) is 0.562. The summed E-state index contributed by atoms with van der Waals surface area (Å²) < 4.78 is 0. The predicted molar refractivity (Wildman–Crippen MR) is 56.8 cm³/mol. The molecule has 13 heavy (non-hydrogen) atoms. The van der Waals surface area contributed by atoms with Gasteiger partial charge in [0.1, 0.15) is 0 Å². The quantitative estimate of drug-likeness (QED) is 0.656. The highest BCUT2D eigenvalue weighted by Gasteiger charge is 2.43. The van der Waals surface area contributed by atoms with Gasteiger partial charge in [-0.15, -0.1) is 0 Å². The summed E-state index contributed by atoms with van der Waals surface area (Å²) in [6.45, 7) is 6.07. The lowest BCUT2D eigenvalue weighted by Crippen LogP contribution is -2.50. The molecule has 0 aromatic heterocycles. The van der Waals surface area contributed by atoms with Gasteiger partial charge in [-0.2, -0.15) is 0 Å². The van der Waals surface area contributed by atoms with Gasteiger partial charge in [-0.3, -0.25) is 0 Å². The van der Waals surface area contributed by atoms with E-state index in [9.17, 15) is 0 Å². The first-order valence-electron chi connectivity index (χ1n) is 6.00. The van der Waals surface area contributed by atoms with E-state index in [0.29, 0.717) is 5.54 Å². The van der Waals surface area contributed by atoms with Crippen LogP contribution < -0.4 is 5.32 Å². The molecule has 2 aliphatic rings. The van der Waals surface area contributed by atoms with Gasteiger partial charge in [0.05, 0.1) is 0 Å². The molecule has 2 rings (SSSR count). The summed E-state index contributed by atoms with van der Waals surface area (Å²) in [4.78, 5) is 0. The van der Waals surface area contributed by atoms with Gasteiger partial charge in [-0.1, -0.05) is 26.7 Å². The van der Waals surface area contributed by atoms with Crippen molar-refractivity contribution in [3.63, 3.8) is 0 Å². The minimum Gasteiger partial charge on any atom is -0.311 e. The van der Waals surface area contributed by atoms with Crippen molar-refractivity contribution in [2.75, 3.05) is 6.54 Å². The number of rotatable bonds is 1. The Bertz CT molecular complexity index is 168. The van der Waals surface area contributed by atoms with Crippen molar-refractivity contribution < 1.29 is 0 Å². The molecule has 1 spiro atoms. The highest BCUT2D eigenvalue weighted by molar-refractivity contribution is 5.01. The van der Waals surface area contributed by atoms with Crippen LogP contribution in [0.5, 0.6) is 0 Å². The minimum atomic E-state index is 0.562. The van der Waals surface area contributed by atoms with Crippen LogP contribution >= 0.6 is 0 Å². The van der Waals surface area contributed by atoms with E-state index in [-0.39, 0.29) is 0 Å². The van der Waals surface area contributed by atoms with Crippen molar-refractivity contribution in [1.82, 2.24) is 5.32 Å². The molecule has 0 radical (unpaired) electrons. The SMILES string of the molecule is CC(C)[C@H]1CCCC[C@@]12CCCN2. The van der Waals surface area contributed by atoms with Gasteiger partial charge in [-0.05, 0) is 44.1 Å². The zero-order valence-electron chi connectivity index (χ0n) is 9.10. The second kappa shape index (κ2) is 3.61. The summed E-state index contributed by atoms with van der Waals surface area (Å²) in [6, 6.07) is 0. The molecular formula is C12H23N. The first-order valence-corrected chi connectivity index (χ1v) is 6.00. The molecule has 1 N–H and O–H groups in total. The molecule has 0 aromatic rings. The largest absolute Gasteiger partial charge is 0.311 e. The molecule has 1 aliphatic heterocycles. The Morgan fingerprint density at radius 3 is 2.54 bits per heavy atom. The smallest absolute Gasteiger partial charge is 0.0212 e. The monoisotopic (exact) mass is 181 g/mol. The number of hydrogen-bond acceptors (Lipinski definition) is 1. The van der Waals surface area contributed by atoms with Crippen molar-refractivity contribution in [2.45, 2.75) is 57.9 Å². The highest BCUT2D eigenvalue weighted by Crippen LogP contribution is 2.43. The van der Waals surface area contributed by atoms with Crippen LogP contribution in [0.25, 0.3) is 0 Å². The van der Waals surface area contributed by atoms with Crippen LogP contribution in [-0.2, 0) is 0 Å². The van der Waals surface area contributed by atoms with E-state index in [1.54, 1.807) is 0 Å². The summed E-state index contributed by atoms with van der Waals surface area (Å²) in [7, 11) is 0. The molecule has 0 aromatic carbocycles. The third-order valence-corrected chi connectivity index (χ3v) is 4.18. The van der Waals surface area contributed by atoms with E-state index >= 15 is 0 Å². The van der Waals surface area contributed by atoms with Gasteiger partial charge < -0.3 is 5.32 Å². The van der Waals surface area contributed by atoms with Crippen LogP contribution in [0.4, 0.5) is 0 Å². The molecule has 1 heterocycles. The molecule has 1 nitrogen and oxygen atoms in total. The van der Waals surface area contributed by atoms with Crippen LogP contribution in [0, 0.1) is 11.8 Å². The van der Waals surface area contributed by atoms with Gasteiger partial charge in [0.15, 0.2) is 0 Å². The van der Waals surface area contributed by atoms with Crippen molar-refractivity contribution in [3.8, 4) is 0 Å². The zero-order chi connectivity index (χ0) is 9.31. The molecule has 1 saturated carbocycles. The fraction of sp³-hybridized carbons (Fsp3) is 1.00.